The standard InChI is InChI=1S/C18H25N3O4/c1-2-21(12-18(24)25)15-9-14(10-15)20-17(23)11-19-16(22)8-13-6-4-3-5-7-13/h3-7,14-15H,2,8-12H2,1H3,(H,19,22)(H,20,23)(H,24,25). The topological polar surface area (TPSA) is 98.7 Å². The molecule has 7 heteroatoms. The lowest BCUT2D eigenvalue weighted by atomic mass is 9.85. The third-order valence-electron chi connectivity index (χ3n) is 4.39. The predicted octanol–water partition coefficient (Wildman–Crippen LogP) is 0.399. The van der Waals surface area contributed by atoms with Gasteiger partial charge in [-0.2, -0.15) is 0 Å². The monoisotopic (exact) mass is 347 g/mol. The van der Waals surface area contributed by atoms with Crippen molar-refractivity contribution in [3.05, 3.63) is 35.9 Å². The molecule has 3 N–H and O–H groups in total. The van der Waals surface area contributed by atoms with Crippen molar-refractivity contribution in [3.8, 4) is 0 Å². The summed E-state index contributed by atoms with van der Waals surface area (Å²) in [4.78, 5) is 36.4. The zero-order valence-electron chi connectivity index (χ0n) is 14.4. The Labute approximate surface area is 147 Å². The SMILES string of the molecule is CCN(CC(=O)O)C1CC(NC(=O)CNC(=O)Cc2ccccc2)C1. The Hall–Kier alpha value is -2.41. The maximum Gasteiger partial charge on any atom is 0.317 e. The summed E-state index contributed by atoms with van der Waals surface area (Å²) in [6.45, 7) is 2.58. The molecule has 0 atom stereocenters. The first-order valence-corrected chi connectivity index (χ1v) is 8.53. The number of likely N-dealkylation sites (N-methyl/N-ethyl adjacent to an activating group) is 1. The van der Waals surface area contributed by atoms with Crippen molar-refractivity contribution in [2.75, 3.05) is 19.6 Å². The number of aliphatic carboxylic acids is 1. The Morgan fingerprint density at radius 2 is 1.84 bits per heavy atom. The lowest BCUT2D eigenvalue weighted by Gasteiger charge is -2.42. The first-order chi connectivity index (χ1) is 12.0. The van der Waals surface area contributed by atoms with E-state index < -0.39 is 5.97 Å². The minimum absolute atomic E-state index is 0.0252. The molecule has 136 valence electrons. The van der Waals surface area contributed by atoms with Crippen molar-refractivity contribution in [2.45, 2.75) is 38.3 Å². The van der Waals surface area contributed by atoms with Crippen LogP contribution in [0, 0.1) is 0 Å². The molecule has 1 aromatic rings. The van der Waals surface area contributed by atoms with Crippen LogP contribution in [0.1, 0.15) is 25.3 Å². The van der Waals surface area contributed by atoms with E-state index in [4.69, 9.17) is 5.11 Å². The van der Waals surface area contributed by atoms with Crippen LogP contribution >= 0.6 is 0 Å². The average molecular weight is 347 g/mol. The van der Waals surface area contributed by atoms with Crippen LogP contribution in [-0.2, 0) is 20.8 Å². The number of benzene rings is 1. The minimum Gasteiger partial charge on any atom is -0.480 e. The van der Waals surface area contributed by atoms with E-state index in [-0.39, 0.29) is 43.4 Å². The second kappa shape index (κ2) is 9.17. The van der Waals surface area contributed by atoms with Gasteiger partial charge in [-0.3, -0.25) is 19.3 Å². The van der Waals surface area contributed by atoms with E-state index in [1.807, 2.05) is 42.2 Å². The normalized spacial score (nSPS) is 19.1. The number of carboxylic acid groups (broad SMARTS) is 1. The highest BCUT2D eigenvalue weighted by molar-refractivity contribution is 5.85. The van der Waals surface area contributed by atoms with Gasteiger partial charge in [-0.05, 0) is 24.9 Å². The fourth-order valence-corrected chi connectivity index (χ4v) is 2.98. The molecule has 2 amide bonds. The van der Waals surface area contributed by atoms with Gasteiger partial charge in [0, 0.05) is 12.1 Å². The van der Waals surface area contributed by atoms with Gasteiger partial charge in [-0.25, -0.2) is 0 Å². The van der Waals surface area contributed by atoms with E-state index in [0.29, 0.717) is 6.54 Å². The first-order valence-electron chi connectivity index (χ1n) is 8.53. The fourth-order valence-electron chi connectivity index (χ4n) is 2.98. The van der Waals surface area contributed by atoms with Gasteiger partial charge < -0.3 is 15.7 Å². The lowest BCUT2D eigenvalue weighted by molar-refractivity contribution is -0.139. The van der Waals surface area contributed by atoms with E-state index in [1.165, 1.54) is 0 Å². The number of carbonyl (C=O) groups excluding carboxylic acids is 2. The molecular formula is C18H25N3O4. The summed E-state index contributed by atoms with van der Waals surface area (Å²) >= 11 is 0. The van der Waals surface area contributed by atoms with E-state index in [1.54, 1.807) is 0 Å². The Balaban J connectivity index is 1.63. The summed E-state index contributed by atoms with van der Waals surface area (Å²) in [5.74, 6) is -1.24. The molecule has 1 aliphatic carbocycles. The smallest absolute Gasteiger partial charge is 0.317 e. The zero-order valence-corrected chi connectivity index (χ0v) is 14.4. The van der Waals surface area contributed by atoms with Crippen molar-refractivity contribution in [1.29, 1.82) is 0 Å². The second-order valence-corrected chi connectivity index (χ2v) is 6.29. The Kier molecular flexibility index (Phi) is 6.94. The quantitative estimate of drug-likeness (QED) is 0.601. The van der Waals surface area contributed by atoms with Crippen molar-refractivity contribution in [2.24, 2.45) is 0 Å². The summed E-state index contributed by atoms with van der Waals surface area (Å²) in [6, 6.07) is 9.59. The van der Waals surface area contributed by atoms with Gasteiger partial charge in [0.25, 0.3) is 0 Å². The van der Waals surface area contributed by atoms with E-state index in [2.05, 4.69) is 10.6 Å². The molecule has 1 aromatic carbocycles. The number of carboxylic acids is 1. The number of hydrogen-bond acceptors (Lipinski definition) is 4. The predicted molar refractivity (Wildman–Crippen MR) is 93.0 cm³/mol. The minimum atomic E-state index is -0.838. The second-order valence-electron chi connectivity index (χ2n) is 6.29. The average Bonchev–Trinajstić information content (AvgIpc) is 2.55. The molecule has 0 heterocycles. The van der Waals surface area contributed by atoms with Gasteiger partial charge in [0.15, 0.2) is 0 Å². The van der Waals surface area contributed by atoms with Crippen LogP contribution in [-0.4, -0.2) is 59.5 Å². The number of nitrogens with zero attached hydrogens (tertiary/aromatic N) is 1. The molecule has 0 spiro atoms. The Morgan fingerprint density at radius 1 is 1.16 bits per heavy atom. The molecule has 1 aliphatic rings. The van der Waals surface area contributed by atoms with Crippen molar-refractivity contribution < 1.29 is 19.5 Å². The third kappa shape index (κ3) is 6.19. The highest BCUT2D eigenvalue weighted by atomic mass is 16.4. The molecule has 1 saturated carbocycles. The van der Waals surface area contributed by atoms with Crippen LogP contribution in [0.25, 0.3) is 0 Å². The van der Waals surface area contributed by atoms with Crippen LogP contribution in [0.3, 0.4) is 0 Å². The highest BCUT2D eigenvalue weighted by Gasteiger charge is 2.34. The first kappa shape index (κ1) is 18.9. The van der Waals surface area contributed by atoms with Gasteiger partial charge in [-0.15, -0.1) is 0 Å². The summed E-state index contributed by atoms with van der Waals surface area (Å²) in [6.07, 6.45) is 1.73. The Morgan fingerprint density at radius 3 is 2.44 bits per heavy atom. The largest absolute Gasteiger partial charge is 0.480 e. The van der Waals surface area contributed by atoms with Gasteiger partial charge in [0.05, 0.1) is 19.5 Å². The molecule has 25 heavy (non-hydrogen) atoms. The van der Waals surface area contributed by atoms with Gasteiger partial charge in [-0.1, -0.05) is 37.3 Å². The summed E-state index contributed by atoms with van der Waals surface area (Å²) in [5.41, 5.74) is 0.903. The van der Waals surface area contributed by atoms with Crippen LogP contribution in [0.4, 0.5) is 0 Å². The molecule has 0 bridgehead atoms. The van der Waals surface area contributed by atoms with Gasteiger partial charge >= 0.3 is 5.97 Å². The number of nitrogens with one attached hydrogen (secondary N) is 2. The molecular weight excluding hydrogens is 322 g/mol. The fraction of sp³-hybridized carbons (Fsp3) is 0.500. The number of amides is 2. The molecule has 0 aromatic heterocycles. The lowest BCUT2D eigenvalue weighted by Crippen LogP contribution is -2.56. The van der Waals surface area contributed by atoms with Crippen molar-refractivity contribution in [3.63, 3.8) is 0 Å². The number of hydrogen-bond donors (Lipinski definition) is 3. The molecule has 7 nitrogen and oxygen atoms in total. The van der Waals surface area contributed by atoms with E-state index in [9.17, 15) is 14.4 Å². The summed E-state index contributed by atoms with van der Waals surface area (Å²) in [5, 5.41) is 14.4. The number of carbonyl (C=O) groups is 3. The van der Waals surface area contributed by atoms with Crippen molar-refractivity contribution >= 4 is 17.8 Å². The highest BCUT2D eigenvalue weighted by Crippen LogP contribution is 2.25. The van der Waals surface area contributed by atoms with E-state index in [0.717, 1.165) is 18.4 Å². The molecule has 0 radical (unpaired) electrons. The molecule has 2 rings (SSSR count). The van der Waals surface area contributed by atoms with Crippen LogP contribution in [0.15, 0.2) is 30.3 Å². The maximum absolute atomic E-state index is 11.9. The molecule has 0 unspecified atom stereocenters. The van der Waals surface area contributed by atoms with Crippen LogP contribution < -0.4 is 10.6 Å². The maximum atomic E-state index is 11.9. The third-order valence-corrected chi connectivity index (χ3v) is 4.39. The van der Waals surface area contributed by atoms with Gasteiger partial charge in [0.2, 0.25) is 11.8 Å². The van der Waals surface area contributed by atoms with Crippen molar-refractivity contribution in [1.82, 2.24) is 15.5 Å². The van der Waals surface area contributed by atoms with Gasteiger partial charge in [0.1, 0.15) is 0 Å². The Bertz CT molecular complexity index is 600. The van der Waals surface area contributed by atoms with Crippen LogP contribution in [0.5, 0.6) is 0 Å². The molecule has 1 fully saturated rings. The van der Waals surface area contributed by atoms with E-state index >= 15 is 0 Å². The number of rotatable bonds is 9. The molecule has 0 aliphatic heterocycles. The van der Waals surface area contributed by atoms with Crippen LogP contribution in [0.2, 0.25) is 0 Å². The molecule has 0 saturated heterocycles. The summed E-state index contributed by atoms with van der Waals surface area (Å²) < 4.78 is 0. The summed E-state index contributed by atoms with van der Waals surface area (Å²) in [7, 11) is 0. The zero-order chi connectivity index (χ0) is 18.2.